The molecule has 2 aliphatic rings. The number of hydrogen-bond acceptors (Lipinski definition) is 3. The monoisotopic (exact) mass is 413 g/mol. The Morgan fingerprint density at radius 2 is 1.90 bits per heavy atom. The van der Waals surface area contributed by atoms with Crippen LogP contribution in [0.25, 0.3) is 0 Å². The number of hydrogen-bond donors (Lipinski definition) is 1. The van der Waals surface area contributed by atoms with E-state index in [0.29, 0.717) is 24.2 Å². The molecule has 0 saturated carbocycles. The Bertz CT molecular complexity index is 1020. The first-order valence-electron chi connectivity index (χ1n) is 9.79. The van der Waals surface area contributed by atoms with Crippen molar-refractivity contribution in [2.45, 2.75) is 32.4 Å². The first-order chi connectivity index (χ1) is 14.3. The van der Waals surface area contributed by atoms with Crippen molar-refractivity contribution in [3.8, 4) is 0 Å². The lowest BCUT2D eigenvalue weighted by atomic mass is 10.1. The summed E-state index contributed by atoms with van der Waals surface area (Å²) in [6.07, 6.45) is 1.28. The highest BCUT2D eigenvalue weighted by atomic mass is 19.1. The molecule has 30 heavy (non-hydrogen) atoms. The standard InChI is InChI=1S/C22H21F2N3O3/c1-13-4-2-5-17-20(13)27(22(30)18-6-3-7-26(18)21(17)29)12-19(28)25-11-14-8-15(23)10-16(24)9-14/h2,4-5,8-10,18H,3,6-7,11-12H2,1H3,(H,25,28). The summed E-state index contributed by atoms with van der Waals surface area (Å²) in [5, 5.41) is 2.60. The maximum atomic E-state index is 13.4. The fourth-order valence-electron chi connectivity index (χ4n) is 4.17. The maximum absolute atomic E-state index is 13.4. The number of fused-ring (bicyclic) bond motifs is 2. The van der Waals surface area contributed by atoms with E-state index in [2.05, 4.69) is 5.32 Å². The number of nitrogens with one attached hydrogen (secondary N) is 1. The minimum atomic E-state index is -0.730. The summed E-state index contributed by atoms with van der Waals surface area (Å²) < 4.78 is 26.7. The number of rotatable bonds is 4. The van der Waals surface area contributed by atoms with Crippen molar-refractivity contribution in [2.75, 3.05) is 18.0 Å². The summed E-state index contributed by atoms with van der Waals surface area (Å²) >= 11 is 0. The third-order valence-corrected chi connectivity index (χ3v) is 5.52. The van der Waals surface area contributed by atoms with Crippen molar-refractivity contribution in [2.24, 2.45) is 0 Å². The summed E-state index contributed by atoms with van der Waals surface area (Å²) in [6.45, 7) is 1.93. The highest BCUT2D eigenvalue weighted by Gasteiger charge is 2.42. The van der Waals surface area contributed by atoms with Gasteiger partial charge in [-0.05, 0) is 49.1 Å². The van der Waals surface area contributed by atoms with Gasteiger partial charge in [0.05, 0.1) is 11.3 Å². The van der Waals surface area contributed by atoms with Crippen LogP contribution in [-0.4, -0.2) is 41.8 Å². The molecule has 1 fully saturated rings. The van der Waals surface area contributed by atoms with Crippen LogP contribution in [0.5, 0.6) is 0 Å². The fraction of sp³-hybridized carbons (Fsp3) is 0.318. The van der Waals surface area contributed by atoms with E-state index in [-0.39, 0.29) is 30.5 Å². The van der Waals surface area contributed by atoms with Gasteiger partial charge in [0.25, 0.3) is 5.91 Å². The molecule has 156 valence electrons. The Morgan fingerprint density at radius 3 is 2.63 bits per heavy atom. The van der Waals surface area contributed by atoms with Gasteiger partial charge in [-0.15, -0.1) is 0 Å². The third kappa shape index (κ3) is 3.65. The van der Waals surface area contributed by atoms with E-state index in [0.717, 1.165) is 30.2 Å². The van der Waals surface area contributed by atoms with Crippen LogP contribution in [0.3, 0.4) is 0 Å². The number of benzene rings is 2. The molecular formula is C22H21F2N3O3. The molecule has 0 bridgehead atoms. The van der Waals surface area contributed by atoms with E-state index in [1.54, 1.807) is 30.0 Å². The quantitative estimate of drug-likeness (QED) is 0.838. The molecule has 2 aromatic rings. The molecule has 3 amide bonds. The van der Waals surface area contributed by atoms with Gasteiger partial charge in [-0.2, -0.15) is 0 Å². The third-order valence-electron chi connectivity index (χ3n) is 5.52. The van der Waals surface area contributed by atoms with E-state index in [1.165, 1.54) is 4.90 Å². The molecule has 0 spiro atoms. The Balaban J connectivity index is 1.59. The van der Waals surface area contributed by atoms with Crippen LogP contribution < -0.4 is 10.2 Å². The van der Waals surface area contributed by atoms with Crippen molar-refractivity contribution in [1.82, 2.24) is 10.2 Å². The lowest BCUT2D eigenvalue weighted by molar-refractivity contribution is -0.125. The molecule has 0 aliphatic carbocycles. The molecule has 0 radical (unpaired) electrons. The Hall–Kier alpha value is -3.29. The zero-order valence-corrected chi connectivity index (χ0v) is 16.5. The number of carbonyl (C=O) groups is 3. The van der Waals surface area contributed by atoms with Crippen LogP contribution in [0.15, 0.2) is 36.4 Å². The Kier molecular flexibility index (Phi) is 5.24. The lowest BCUT2D eigenvalue weighted by Crippen LogP contribution is -2.48. The topological polar surface area (TPSA) is 69.7 Å². The molecule has 2 aliphatic heterocycles. The molecule has 2 aromatic carbocycles. The van der Waals surface area contributed by atoms with Crippen LogP contribution in [0, 0.1) is 18.6 Å². The van der Waals surface area contributed by atoms with Gasteiger partial charge in [-0.3, -0.25) is 14.4 Å². The average molecular weight is 413 g/mol. The second-order valence-corrected chi connectivity index (χ2v) is 7.61. The second kappa shape index (κ2) is 7.85. The predicted molar refractivity (Wildman–Crippen MR) is 106 cm³/mol. The number of nitrogens with zero attached hydrogens (tertiary/aromatic N) is 2. The number of halogens is 2. The fourth-order valence-corrected chi connectivity index (χ4v) is 4.17. The minimum Gasteiger partial charge on any atom is -0.350 e. The van der Waals surface area contributed by atoms with Gasteiger partial charge < -0.3 is 15.1 Å². The largest absolute Gasteiger partial charge is 0.350 e. The summed E-state index contributed by atoms with van der Waals surface area (Å²) in [5.41, 5.74) is 1.83. The number of anilines is 1. The number of amides is 3. The highest BCUT2D eigenvalue weighted by Crippen LogP contribution is 2.34. The van der Waals surface area contributed by atoms with Crippen LogP contribution >= 0.6 is 0 Å². The van der Waals surface area contributed by atoms with Gasteiger partial charge in [-0.1, -0.05) is 12.1 Å². The predicted octanol–water partition coefficient (Wildman–Crippen LogP) is 2.54. The Labute approximate surface area is 172 Å². The molecule has 1 saturated heterocycles. The molecular weight excluding hydrogens is 392 g/mol. The van der Waals surface area contributed by atoms with Gasteiger partial charge in [0.2, 0.25) is 11.8 Å². The summed E-state index contributed by atoms with van der Waals surface area (Å²) in [4.78, 5) is 41.8. The minimum absolute atomic E-state index is 0.0787. The first kappa shape index (κ1) is 20.0. The van der Waals surface area contributed by atoms with E-state index < -0.39 is 23.6 Å². The zero-order chi connectivity index (χ0) is 21.4. The van der Waals surface area contributed by atoms with Crippen LogP contribution in [-0.2, 0) is 16.1 Å². The van der Waals surface area contributed by atoms with Crippen molar-refractivity contribution in [3.63, 3.8) is 0 Å². The van der Waals surface area contributed by atoms with Crippen LogP contribution in [0.2, 0.25) is 0 Å². The van der Waals surface area contributed by atoms with Gasteiger partial charge in [0.15, 0.2) is 0 Å². The second-order valence-electron chi connectivity index (χ2n) is 7.61. The van der Waals surface area contributed by atoms with Crippen LogP contribution in [0.1, 0.15) is 34.3 Å². The van der Waals surface area contributed by atoms with E-state index in [9.17, 15) is 23.2 Å². The van der Waals surface area contributed by atoms with Crippen molar-refractivity contribution in [3.05, 3.63) is 64.7 Å². The summed E-state index contributed by atoms with van der Waals surface area (Å²) in [5.74, 6) is -2.44. The van der Waals surface area contributed by atoms with Crippen LogP contribution in [0.4, 0.5) is 14.5 Å². The Morgan fingerprint density at radius 1 is 1.17 bits per heavy atom. The van der Waals surface area contributed by atoms with Gasteiger partial charge in [0.1, 0.15) is 24.2 Å². The van der Waals surface area contributed by atoms with E-state index >= 15 is 0 Å². The van der Waals surface area contributed by atoms with Gasteiger partial charge in [-0.25, -0.2) is 8.78 Å². The number of aryl methyl sites for hydroxylation is 1. The van der Waals surface area contributed by atoms with E-state index in [4.69, 9.17) is 0 Å². The van der Waals surface area contributed by atoms with Crippen molar-refractivity contribution < 1.29 is 23.2 Å². The zero-order valence-electron chi connectivity index (χ0n) is 16.5. The molecule has 4 rings (SSSR count). The van der Waals surface area contributed by atoms with Crippen molar-refractivity contribution in [1.29, 1.82) is 0 Å². The molecule has 2 heterocycles. The van der Waals surface area contributed by atoms with E-state index in [1.807, 2.05) is 0 Å². The number of carbonyl (C=O) groups excluding carboxylic acids is 3. The molecule has 0 aromatic heterocycles. The smallest absolute Gasteiger partial charge is 0.256 e. The summed E-state index contributed by atoms with van der Waals surface area (Å²) in [6, 6.07) is 7.64. The van der Waals surface area contributed by atoms with Gasteiger partial charge in [0, 0.05) is 19.2 Å². The maximum Gasteiger partial charge on any atom is 0.256 e. The molecule has 1 unspecified atom stereocenters. The first-order valence-corrected chi connectivity index (χ1v) is 9.79. The molecule has 8 heteroatoms. The normalized spacial score (nSPS) is 18.2. The molecule has 1 N–H and O–H groups in total. The highest BCUT2D eigenvalue weighted by molar-refractivity contribution is 6.13. The van der Waals surface area contributed by atoms with Gasteiger partial charge >= 0.3 is 0 Å². The van der Waals surface area contributed by atoms with Crippen molar-refractivity contribution >= 4 is 23.4 Å². The number of para-hydroxylation sites is 1. The molecule has 6 nitrogen and oxygen atoms in total. The summed E-state index contributed by atoms with van der Waals surface area (Å²) in [7, 11) is 0. The SMILES string of the molecule is Cc1cccc2c1N(CC(=O)NCc1cc(F)cc(F)c1)C(=O)C1CCCN1C2=O. The lowest BCUT2D eigenvalue weighted by Gasteiger charge is -2.26. The average Bonchev–Trinajstić information content (AvgIpc) is 3.16. The molecule has 1 atom stereocenters.